The Labute approximate surface area is 273 Å². The molecule has 220 valence electrons. The van der Waals surface area contributed by atoms with E-state index in [-0.39, 0.29) is 5.92 Å². The van der Waals surface area contributed by atoms with Crippen LogP contribution >= 0.6 is 11.6 Å². The van der Waals surface area contributed by atoms with Gasteiger partial charge in [-0.15, -0.1) is 0 Å². The summed E-state index contributed by atoms with van der Waals surface area (Å²) in [7, 11) is 0. The lowest BCUT2D eigenvalue weighted by molar-refractivity contribution is -0.0990. The average Bonchev–Trinajstić information content (AvgIpc) is 3.65. The second-order valence-electron chi connectivity index (χ2n) is 12.1. The quantitative estimate of drug-likeness (QED) is 0.193. The average molecular weight is 613 g/mol. The second-order valence-corrected chi connectivity index (χ2v) is 12.5. The molecule has 0 radical (unpaired) electrons. The Morgan fingerprint density at radius 1 is 0.478 bits per heavy atom. The molecular weight excluding hydrogens is 584 g/mol. The van der Waals surface area contributed by atoms with E-state index in [1.54, 1.807) is 0 Å². The first-order chi connectivity index (χ1) is 22.7. The molecule has 2 nitrogen and oxygen atoms in total. The summed E-state index contributed by atoms with van der Waals surface area (Å²) in [6.07, 6.45) is 0. The van der Waals surface area contributed by atoms with Crippen molar-refractivity contribution in [3.8, 4) is 22.6 Å². The van der Waals surface area contributed by atoms with Gasteiger partial charge in [0.05, 0.1) is 5.92 Å². The molecule has 1 aliphatic heterocycles. The Bertz CT molecular complexity index is 2170. The molecule has 2 bridgehead atoms. The summed E-state index contributed by atoms with van der Waals surface area (Å²) in [5.74, 6) is 1.40. The SMILES string of the molecule is Clc1ccc([C@H]2c3c(-c4ccccc4)oc(-c4ccccc4)c3[C@]3(c4ccccc4)O[C@@]2(c2ccccc2)c2ccccc23)cc1. The largest absolute Gasteiger partial charge is 0.455 e. The Kier molecular flexibility index (Phi) is 6.18. The van der Waals surface area contributed by atoms with Gasteiger partial charge < -0.3 is 9.15 Å². The first-order valence-corrected chi connectivity index (χ1v) is 16.0. The topological polar surface area (TPSA) is 22.4 Å². The fraction of sp³-hybridized carbons (Fsp3) is 0.0698. The Hall–Kier alpha value is -5.15. The van der Waals surface area contributed by atoms with Gasteiger partial charge in [-0.3, -0.25) is 0 Å². The molecule has 0 saturated heterocycles. The molecule has 6 aromatic carbocycles. The van der Waals surface area contributed by atoms with Crippen molar-refractivity contribution in [2.45, 2.75) is 17.1 Å². The van der Waals surface area contributed by atoms with E-state index in [9.17, 15) is 0 Å². The van der Waals surface area contributed by atoms with Crippen LogP contribution in [-0.4, -0.2) is 0 Å². The number of benzene rings is 6. The number of rotatable bonds is 5. The third kappa shape index (κ3) is 3.75. The van der Waals surface area contributed by atoms with Crippen molar-refractivity contribution in [2.75, 3.05) is 0 Å². The Balaban J connectivity index is 1.53. The highest BCUT2D eigenvalue weighted by Gasteiger charge is 2.66. The molecular formula is C43H29ClO2. The van der Waals surface area contributed by atoms with E-state index >= 15 is 0 Å². The number of furan rings is 1. The van der Waals surface area contributed by atoms with Crippen molar-refractivity contribution in [3.05, 3.63) is 214 Å². The van der Waals surface area contributed by atoms with Gasteiger partial charge in [0.2, 0.25) is 0 Å². The van der Waals surface area contributed by atoms with E-state index in [1.807, 2.05) is 24.3 Å². The normalized spacial score (nSPS) is 21.0. The van der Waals surface area contributed by atoms with Crippen molar-refractivity contribution in [2.24, 2.45) is 0 Å². The van der Waals surface area contributed by atoms with E-state index in [0.717, 1.165) is 61.6 Å². The minimum absolute atomic E-state index is 0.265. The van der Waals surface area contributed by atoms with Crippen LogP contribution in [0.3, 0.4) is 0 Å². The Morgan fingerprint density at radius 3 is 1.59 bits per heavy atom. The van der Waals surface area contributed by atoms with Crippen molar-refractivity contribution < 1.29 is 9.15 Å². The summed E-state index contributed by atoms with van der Waals surface area (Å²) >= 11 is 6.53. The maximum absolute atomic E-state index is 7.96. The van der Waals surface area contributed by atoms with Gasteiger partial charge in [0, 0.05) is 27.3 Å². The molecule has 0 unspecified atom stereocenters. The molecule has 1 aliphatic carbocycles. The number of halogens is 1. The van der Waals surface area contributed by atoms with E-state index < -0.39 is 11.2 Å². The predicted molar refractivity (Wildman–Crippen MR) is 184 cm³/mol. The monoisotopic (exact) mass is 612 g/mol. The maximum atomic E-state index is 7.96. The zero-order valence-corrected chi connectivity index (χ0v) is 25.7. The van der Waals surface area contributed by atoms with Gasteiger partial charge in [-0.25, -0.2) is 0 Å². The van der Waals surface area contributed by atoms with Gasteiger partial charge in [-0.1, -0.05) is 169 Å². The molecule has 0 amide bonds. The van der Waals surface area contributed by atoms with E-state index in [2.05, 4.69) is 146 Å². The van der Waals surface area contributed by atoms with Crippen molar-refractivity contribution in [1.29, 1.82) is 0 Å². The van der Waals surface area contributed by atoms with Crippen LogP contribution in [0.1, 0.15) is 44.9 Å². The summed E-state index contributed by atoms with van der Waals surface area (Å²) in [6, 6.07) is 59.3. The zero-order chi connectivity index (χ0) is 30.7. The fourth-order valence-electron chi connectivity index (χ4n) is 7.89. The van der Waals surface area contributed by atoms with Crippen molar-refractivity contribution in [3.63, 3.8) is 0 Å². The molecule has 0 saturated carbocycles. The molecule has 3 atom stereocenters. The van der Waals surface area contributed by atoms with Gasteiger partial charge in [-0.2, -0.15) is 0 Å². The number of hydrogen-bond donors (Lipinski definition) is 0. The summed E-state index contributed by atoms with van der Waals surface area (Å²) in [5.41, 5.74) is 7.90. The minimum Gasteiger partial charge on any atom is -0.455 e. The first-order valence-electron chi connectivity index (χ1n) is 15.7. The van der Waals surface area contributed by atoms with E-state index in [1.165, 1.54) is 0 Å². The lowest BCUT2D eigenvalue weighted by atomic mass is 9.68. The Morgan fingerprint density at radius 2 is 0.978 bits per heavy atom. The van der Waals surface area contributed by atoms with Gasteiger partial charge in [-0.05, 0) is 39.9 Å². The molecule has 9 rings (SSSR count). The molecule has 2 aliphatic rings. The highest BCUT2D eigenvalue weighted by Crippen LogP contribution is 2.70. The molecule has 3 heteroatoms. The molecule has 0 spiro atoms. The van der Waals surface area contributed by atoms with Crippen LogP contribution in [0, 0.1) is 0 Å². The van der Waals surface area contributed by atoms with E-state index in [0.29, 0.717) is 5.02 Å². The predicted octanol–water partition coefficient (Wildman–Crippen LogP) is 11.0. The molecule has 2 heterocycles. The maximum Gasteiger partial charge on any atom is 0.149 e. The summed E-state index contributed by atoms with van der Waals surface area (Å²) in [5, 5.41) is 0.695. The molecule has 0 fully saturated rings. The smallest absolute Gasteiger partial charge is 0.149 e. The number of hydrogen-bond acceptors (Lipinski definition) is 2. The molecule has 7 aromatic rings. The third-order valence-electron chi connectivity index (χ3n) is 9.67. The van der Waals surface area contributed by atoms with Crippen LogP contribution < -0.4 is 0 Å². The van der Waals surface area contributed by atoms with Gasteiger partial charge in [0.1, 0.15) is 22.7 Å². The van der Waals surface area contributed by atoms with E-state index in [4.69, 9.17) is 20.8 Å². The van der Waals surface area contributed by atoms with Gasteiger partial charge in [0.15, 0.2) is 0 Å². The number of ether oxygens (including phenoxy) is 1. The lowest BCUT2D eigenvalue weighted by Crippen LogP contribution is -2.45. The summed E-state index contributed by atoms with van der Waals surface area (Å²) in [4.78, 5) is 0. The van der Waals surface area contributed by atoms with Gasteiger partial charge >= 0.3 is 0 Å². The first kappa shape index (κ1) is 27.2. The lowest BCUT2D eigenvalue weighted by Gasteiger charge is -2.47. The highest BCUT2D eigenvalue weighted by molar-refractivity contribution is 6.30. The van der Waals surface area contributed by atoms with Crippen LogP contribution in [-0.2, 0) is 15.9 Å². The summed E-state index contributed by atoms with van der Waals surface area (Å²) < 4.78 is 15.2. The number of fused-ring (bicyclic) bond motifs is 2. The second kappa shape index (κ2) is 10.5. The molecule has 1 aromatic heterocycles. The van der Waals surface area contributed by atoms with Crippen LogP contribution in [0.5, 0.6) is 0 Å². The van der Waals surface area contributed by atoms with Crippen molar-refractivity contribution >= 4 is 11.6 Å². The van der Waals surface area contributed by atoms with Crippen LogP contribution in [0.15, 0.2) is 174 Å². The molecule has 46 heavy (non-hydrogen) atoms. The standard InChI is InChI=1S/C43H29ClO2/c44-34-27-25-29(26-28-34)38-37-39(41(31-17-7-2-8-18-31)45-40(37)30-15-5-1-6-16-30)43(33-21-11-4-12-22-33)36-24-14-13-23-35(36)42(38,46-43)32-19-9-3-10-20-32/h1-28,38H/t38-,42-,43+/m0/s1. The zero-order valence-electron chi connectivity index (χ0n) is 24.9. The van der Waals surface area contributed by atoms with Crippen LogP contribution in [0.2, 0.25) is 5.02 Å². The minimum atomic E-state index is -0.951. The van der Waals surface area contributed by atoms with Crippen LogP contribution in [0.4, 0.5) is 0 Å². The van der Waals surface area contributed by atoms with Crippen LogP contribution in [0.25, 0.3) is 22.6 Å². The molecule has 0 N–H and O–H groups in total. The summed E-state index contributed by atoms with van der Waals surface area (Å²) in [6.45, 7) is 0. The third-order valence-corrected chi connectivity index (χ3v) is 9.92. The fourth-order valence-corrected chi connectivity index (χ4v) is 8.02. The highest BCUT2D eigenvalue weighted by atomic mass is 35.5. The van der Waals surface area contributed by atoms with Crippen molar-refractivity contribution in [1.82, 2.24) is 0 Å². The van der Waals surface area contributed by atoms with Gasteiger partial charge in [0.25, 0.3) is 0 Å².